The fourth-order valence-corrected chi connectivity index (χ4v) is 2.01. The molecule has 6 heteroatoms. The Balaban J connectivity index is 1.78. The first-order valence-corrected chi connectivity index (χ1v) is 7.46. The maximum absolute atomic E-state index is 11.9. The molecule has 0 spiro atoms. The SMILES string of the molecule is CCCCC(=O)O[C@H](C)C(=O)NCc1ccc2c(c1)OCO2. The quantitative estimate of drug-likeness (QED) is 0.781. The second kappa shape index (κ2) is 7.68. The third kappa shape index (κ3) is 4.38. The molecule has 0 aliphatic carbocycles. The van der Waals surface area contributed by atoms with Crippen LogP contribution in [-0.2, 0) is 20.9 Å². The lowest BCUT2D eigenvalue weighted by Gasteiger charge is -2.13. The molecule has 1 N–H and O–H groups in total. The molecule has 0 unspecified atom stereocenters. The summed E-state index contributed by atoms with van der Waals surface area (Å²) in [6.07, 6.45) is 1.24. The number of hydrogen-bond acceptors (Lipinski definition) is 5. The lowest BCUT2D eigenvalue weighted by atomic mass is 10.2. The first-order chi connectivity index (χ1) is 10.6. The zero-order valence-electron chi connectivity index (χ0n) is 12.9. The number of esters is 1. The molecule has 22 heavy (non-hydrogen) atoms. The van der Waals surface area contributed by atoms with E-state index in [1.165, 1.54) is 0 Å². The van der Waals surface area contributed by atoms with Gasteiger partial charge in [0.15, 0.2) is 17.6 Å². The molecule has 1 aromatic carbocycles. The standard InChI is InChI=1S/C16H21NO5/c1-3-4-5-15(18)22-11(2)16(19)17-9-12-6-7-13-14(8-12)21-10-20-13/h6-8,11H,3-5,9-10H2,1-2H3,(H,17,19)/t11-/m1/s1. The van der Waals surface area contributed by atoms with E-state index >= 15 is 0 Å². The van der Waals surface area contributed by atoms with Crippen LogP contribution in [0.15, 0.2) is 18.2 Å². The average molecular weight is 307 g/mol. The highest BCUT2D eigenvalue weighted by Gasteiger charge is 2.18. The van der Waals surface area contributed by atoms with Crippen molar-refractivity contribution in [1.29, 1.82) is 0 Å². The van der Waals surface area contributed by atoms with Gasteiger partial charge in [0.25, 0.3) is 5.91 Å². The summed E-state index contributed by atoms with van der Waals surface area (Å²) in [6.45, 7) is 4.12. The molecule has 1 amide bonds. The normalized spacial score (nSPS) is 13.5. The van der Waals surface area contributed by atoms with Crippen LogP contribution in [0.25, 0.3) is 0 Å². The number of carbonyl (C=O) groups excluding carboxylic acids is 2. The van der Waals surface area contributed by atoms with Crippen LogP contribution < -0.4 is 14.8 Å². The fraction of sp³-hybridized carbons (Fsp3) is 0.500. The first kappa shape index (κ1) is 16.1. The minimum Gasteiger partial charge on any atom is -0.454 e. The summed E-state index contributed by atoms with van der Waals surface area (Å²) in [7, 11) is 0. The Bertz CT molecular complexity index is 543. The minimum absolute atomic E-state index is 0.218. The highest BCUT2D eigenvalue weighted by Crippen LogP contribution is 2.32. The molecule has 1 atom stereocenters. The molecule has 120 valence electrons. The summed E-state index contributed by atoms with van der Waals surface area (Å²) < 4.78 is 15.6. The topological polar surface area (TPSA) is 73.9 Å². The third-order valence-corrected chi connectivity index (χ3v) is 3.32. The van der Waals surface area contributed by atoms with Gasteiger partial charge >= 0.3 is 5.97 Å². The van der Waals surface area contributed by atoms with Gasteiger partial charge in [-0.3, -0.25) is 9.59 Å². The van der Waals surface area contributed by atoms with Gasteiger partial charge in [-0.15, -0.1) is 0 Å². The average Bonchev–Trinajstić information content (AvgIpc) is 2.98. The molecule has 0 fully saturated rings. The Labute approximate surface area is 129 Å². The Morgan fingerprint density at radius 3 is 2.86 bits per heavy atom. The molecular formula is C16H21NO5. The Morgan fingerprint density at radius 1 is 1.32 bits per heavy atom. The number of benzene rings is 1. The summed E-state index contributed by atoms with van der Waals surface area (Å²) in [5.74, 6) is 0.717. The number of rotatable bonds is 7. The van der Waals surface area contributed by atoms with Crippen molar-refractivity contribution in [2.75, 3.05) is 6.79 Å². The second-order valence-corrected chi connectivity index (χ2v) is 5.14. The fourth-order valence-electron chi connectivity index (χ4n) is 2.01. The molecule has 0 saturated heterocycles. The van der Waals surface area contributed by atoms with E-state index in [-0.39, 0.29) is 18.7 Å². The molecule has 2 rings (SSSR count). The van der Waals surface area contributed by atoms with Crippen molar-refractivity contribution in [2.45, 2.75) is 45.8 Å². The van der Waals surface area contributed by atoms with Gasteiger partial charge in [-0.25, -0.2) is 0 Å². The zero-order valence-corrected chi connectivity index (χ0v) is 12.9. The van der Waals surface area contributed by atoms with Crippen molar-refractivity contribution >= 4 is 11.9 Å². The van der Waals surface area contributed by atoms with Crippen LogP contribution in [0.3, 0.4) is 0 Å². The largest absolute Gasteiger partial charge is 0.454 e. The van der Waals surface area contributed by atoms with E-state index in [4.69, 9.17) is 14.2 Å². The number of ether oxygens (including phenoxy) is 3. The number of carbonyl (C=O) groups is 2. The van der Waals surface area contributed by atoms with Crippen LogP contribution in [0, 0.1) is 0 Å². The van der Waals surface area contributed by atoms with Crippen molar-refractivity contribution in [2.24, 2.45) is 0 Å². The van der Waals surface area contributed by atoms with Crippen LogP contribution in [-0.4, -0.2) is 24.8 Å². The molecule has 0 bridgehead atoms. The maximum Gasteiger partial charge on any atom is 0.306 e. The predicted octanol–water partition coefficient (Wildman–Crippen LogP) is 2.15. The van der Waals surface area contributed by atoms with E-state index in [0.717, 1.165) is 18.4 Å². The molecule has 1 aliphatic heterocycles. The van der Waals surface area contributed by atoms with Gasteiger partial charge in [0.1, 0.15) is 0 Å². The van der Waals surface area contributed by atoms with Gasteiger partial charge in [-0.05, 0) is 31.0 Å². The summed E-state index contributed by atoms with van der Waals surface area (Å²) in [5.41, 5.74) is 0.891. The maximum atomic E-state index is 11.9. The predicted molar refractivity (Wildman–Crippen MR) is 79.5 cm³/mol. The Morgan fingerprint density at radius 2 is 2.09 bits per heavy atom. The van der Waals surface area contributed by atoms with Gasteiger partial charge in [-0.1, -0.05) is 19.4 Å². The number of hydrogen-bond donors (Lipinski definition) is 1. The van der Waals surface area contributed by atoms with E-state index < -0.39 is 6.10 Å². The van der Waals surface area contributed by atoms with Crippen molar-refractivity contribution in [3.05, 3.63) is 23.8 Å². The lowest BCUT2D eigenvalue weighted by molar-refractivity contribution is -0.154. The molecule has 1 heterocycles. The molecule has 0 saturated carbocycles. The van der Waals surface area contributed by atoms with Crippen molar-refractivity contribution < 1.29 is 23.8 Å². The summed E-state index contributed by atoms with van der Waals surface area (Å²) in [4.78, 5) is 23.4. The first-order valence-electron chi connectivity index (χ1n) is 7.46. The number of fused-ring (bicyclic) bond motifs is 1. The smallest absolute Gasteiger partial charge is 0.306 e. The number of amides is 1. The van der Waals surface area contributed by atoms with E-state index in [0.29, 0.717) is 24.5 Å². The minimum atomic E-state index is -0.793. The van der Waals surface area contributed by atoms with Gasteiger partial charge in [0.05, 0.1) is 0 Å². The van der Waals surface area contributed by atoms with Gasteiger partial charge in [0.2, 0.25) is 6.79 Å². The Kier molecular flexibility index (Phi) is 5.63. The van der Waals surface area contributed by atoms with E-state index in [1.54, 1.807) is 13.0 Å². The molecule has 6 nitrogen and oxygen atoms in total. The number of unbranched alkanes of at least 4 members (excludes halogenated alkanes) is 1. The van der Waals surface area contributed by atoms with E-state index in [2.05, 4.69) is 5.32 Å². The molecule has 0 aromatic heterocycles. The van der Waals surface area contributed by atoms with Crippen LogP contribution in [0.2, 0.25) is 0 Å². The summed E-state index contributed by atoms with van der Waals surface area (Å²) in [6, 6.07) is 5.48. The Hall–Kier alpha value is -2.24. The summed E-state index contributed by atoms with van der Waals surface area (Å²) >= 11 is 0. The van der Waals surface area contributed by atoms with Crippen LogP contribution in [0.4, 0.5) is 0 Å². The van der Waals surface area contributed by atoms with Crippen LogP contribution >= 0.6 is 0 Å². The monoisotopic (exact) mass is 307 g/mol. The molecule has 1 aliphatic rings. The van der Waals surface area contributed by atoms with Crippen LogP contribution in [0.5, 0.6) is 11.5 Å². The van der Waals surface area contributed by atoms with Gasteiger partial charge in [-0.2, -0.15) is 0 Å². The van der Waals surface area contributed by atoms with Crippen molar-refractivity contribution in [3.63, 3.8) is 0 Å². The highest BCUT2D eigenvalue weighted by molar-refractivity contribution is 5.83. The molecular weight excluding hydrogens is 286 g/mol. The number of nitrogens with one attached hydrogen (secondary N) is 1. The van der Waals surface area contributed by atoms with Gasteiger partial charge < -0.3 is 19.5 Å². The van der Waals surface area contributed by atoms with Crippen molar-refractivity contribution in [3.8, 4) is 11.5 Å². The van der Waals surface area contributed by atoms with Crippen molar-refractivity contribution in [1.82, 2.24) is 5.32 Å². The summed E-state index contributed by atoms with van der Waals surface area (Å²) in [5, 5.41) is 2.74. The highest BCUT2D eigenvalue weighted by atomic mass is 16.7. The zero-order chi connectivity index (χ0) is 15.9. The molecule has 0 radical (unpaired) electrons. The van der Waals surface area contributed by atoms with E-state index in [9.17, 15) is 9.59 Å². The lowest BCUT2D eigenvalue weighted by Crippen LogP contribution is -2.35. The third-order valence-electron chi connectivity index (χ3n) is 3.32. The van der Waals surface area contributed by atoms with Crippen LogP contribution in [0.1, 0.15) is 38.7 Å². The van der Waals surface area contributed by atoms with Gasteiger partial charge in [0, 0.05) is 13.0 Å². The second-order valence-electron chi connectivity index (χ2n) is 5.14. The van der Waals surface area contributed by atoms with E-state index in [1.807, 2.05) is 19.1 Å². The molecule has 1 aromatic rings.